The molecule has 4 rings (SSSR count). The van der Waals surface area contributed by atoms with E-state index in [1.165, 1.54) is 0 Å². The molecule has 3 heterocycles. The lowest BCUT2D eigenvalue weighted by atomic mass is 9.96. The van der Waals surface area contributed by atoms with Crippen LogP contribution in [0.2, 0.25) is 0 Å². The van der Waals surface area contributed by atoms with Crippen LogP contribution < -0.4 is 0 Å². The molecule has 2 aliphatic rings. The predicted molar refractivity (Wildman–Crippen MR) is 94.9 cm³/mol. The lowest BCUT2D eigenvalue weighted by molar-refractivity contribution is -0.136. The zero-order valence-corrected chi connectivity index (χ0v) is 14.4. The van der Waals surface area contributed by atoms with E-state index in [9.17, 15) is 4.79 Å². The van der Waals surface area contributed by atoms with Crippen molar-refractivity contribution in [2.45, 2.75) is 37.3 Å². The highest BCUT2D eigenvalue weighted by Gasteiger charge is 2.41. The topological polar surface area (TPSA) is 62.9 Å². The van der Waals surface area contributed by atoms with Crippen LogP contribution in [-0.2, 0) is 11.8 Å². The Morgan fingerprint density at radius 2 is 2.08 bits per heavy atom. The molecular formula is C19H21N5O. The second-order valence-corrected chi connectivity index (χ2v) is 6.90. The summed E-state index contributed by atoms with van der Waals surface area (Å²) in [5, 5.41) is 8.18. The smallest absolute Gasteiger partial charge is 0.222 e. The van der Waals surface area contributed by atoms with Crippen molar-refractivity contribution >= 4 is 16.9 Å². The first kappa shape index (κ1) is 15.8. The highest BCUT2D eigenvalue weighted by atomic mass is 16.2. The van der Waals surface area contributed by atoms with Gasteiger partial charge >= 0.3 is 0 Å². The van der Waals surface area contributed by atoms with Gasteiger partial charge in [0.1, 0.15) is 5.82 Å². The number of benzene rings is 1. The van der Waals surface area contributed by atoms with Gasteiger partial charge in [-0.3, -0.25) is 4.79 Å². The maximum absolute atomic E-state index is 12.4. The number of para-hydroxylation sites is 2. The first-order valence-corrected chi connectivity index (χ1v) is 8.68. The number of imidazole rings is 1. The molecular weight excluding hydrogens is 314 g/mol. The van der Waals surface area contributed by atoms with Crippen molar-refractivity contribution in [2.24, 2.45) is 17.3 Å². The Kier molecular flexibility index (Phi) is 3.79. The highest BCUT2D eigenvalue weighted by Crippen LogP contribution is 2.38. The number of rotatable bonds is 6. The van der Waals surface area contributed by atoms with Gasteiger partial charge in [-0.25, -0.2) is 4.98 Å². The Morgan fingerprint density at radius 1 is 1.32 bits per heavy atom. The lowest BCUT2D eigenvalue weighted by Crippen LogP contribution is -2.49. The van der Waals surface area contributed by atoms with Crippen LogP contribution >= 0.6 is 0 Å². The molecule has 0 unspecified atom stereocenters. The van der Waals surface area contributed by atoms with Gasteiger partial charge in [0, 0.05) is 45.8 Å². The van der Waals surface area contributed by atoms with Crippen molar-refractivity contribution in [1.29, 1.82) is 0 Å². The van der Waals surface area contributed by atoms with Crippen LogP contribution in [0.4, 0.5) is 0 Å². The van der Waals surface area contributed by atoms with Gasteiger partial charge in [0.25, 0.3) is 0 Å². The van der Waals surface area contributed by atoms with Crippen molar-refractivity contribution in [1.82, 2.24) is 14.5 Å². The summed E-state index contributed by atoms with van der Waals surface area (Å²) in [7, 11) is 2.04. The molecule has 6 heteroatoms. The zero-order chi connectivity index (χ0) is 17.4. The quantitative estimate of drug-likeness (QED) is 0.762. The highest BCUT2D eigenvalue weighted by molar-refractivity contribution is 5.78. The SMILES string of the molecule is C#CCCC1(CCC(=O)N2CC(c3nc4ccccc4n3C)C2)N=N1. The Labute approximate surface area is 146 Å². The van der Waals surface area contributed by atoms with Gasteiger partial charge in [-0.1, -0.05) is 12.1 Å². The molecule has 25 heavy (non-hydrogen) atoms. The van der Waals surface area contributed by atoms with Crippen molar-refractivity contribution in [3.63, 3.8) is 0 Å². The number of hydrogen-bond donors (Lipinski definition) is 0. The minimum Gasteiger partial charge on any atom is -0.341 e. The molecule has 0 atom stereocenters. The number of amides is 1. The summed E-state index contributed by atoms with van der Waals surface area (Å²) in [6.07, 6.45) is 7.84. The van der Waals surface area contributed by atoms with E-state index in [1.807, 2.05) is 30.1 Å². The first-order chi connectivity index (χ1) is 12.1. The van der Waals surface area contributed by atoms with E-state index < -0.39 is 0 Å². The molecule has 1 aromatic carbocycles. The molecule has 0 saturated carbocycles. The van der Waals surface area contributed by atoms with E-state index in [2.05, 4.69) is 26.8 Å². The summed E-state index contributed by atoms with van der Waals surface area (Å²) in [6, 6.07) is 8.12. The van der Waals surface area contributed by atoms with Crippen LogP contribution in [0.5, 0.6) is 0 Å². The van der Waals surface area contributed by atoms with Crippen LogP contribution in [0.3, 0.4) is 0 Å². The largest absolute Gasteiger partial charge is 0.341 e. The number of likely N-dealkylation sites (tertiary alicyclic amines) is 1. The molecule has 128 valence electrons. The van der Waals surface area contributed by atoms with Gasteiger partial charge < -0.3 is 9.47 Å². The van der Waals surface area contributed by atoms with Gasteiger partial charge in [-0.2, -0.15) is 10.2 Å². The number of aromatic nitrogens is 2. The molecule has 1 aromatic heterocycles. The van der Waals surface area contributed by atoms with E-state index in [0.29, 0.717) is 25.2 Å². The van der Waals surface area contributed by atoms with Gasteiger partial charge in [-0.15, -0.1) is 12.3 Å². The Balaban J connectivity index is 1.32. The van der Waals surface area contributed by atoms with E-state index >= 15 is 0 Å². The Morgan fingerprint density at radius 3 is 2.76 bits per heavy atom. The Hall–Kier alpha value is -2.68. The summed E-state index contributed by atoms with van der Waals surface area (Å²) in [5.41, 5.74) is 1.77. The number of aryl methyl sites for hydroxylation is 1. The molecule has 1 saturated heterocycles. The Bertz CT molecular complexity index is 879. The third kappa shape index (κ3) is 2.91. The van der Waals surface area contributed by atoms with Crippen molar-refractivity contribution in [2.75, 3.05) is 13.1 Å². The molecule has 0 N–H and O–H groups in total. The minimum absolute atomic E-state index is 0.174. The molecule has 0 radical (unpaired) electrons. The average molecular weight is 335 g/mol. The third-order valence-corrected chi connectivity index (χ3v) is 5.21. The number of carbonyl (C=O) groups excluding carboxylic acids is 1. The van der Waals surface area contributed by atoms with Gasteiger partial charge in [0.05, 0.1) is 17.0 Å². The molecule has 1 amide bonds. The normalized spacial score (nSPS) is 18.2. The maximum Gasteiger partial charge on any atom is 0.222 e. The fraction of sp³-hybridized carbons (Fsp3) is 0.474. The first-order valence-electron chi connectivity index (χ1n) is 8.68. The van der Waals surface area contributed by atoms with Crippen molar-refractivity contribution < 1.29 is 4.79 Å². The summed E-state index contributed by atoms with van der Waals surface area (Å²) >= 11 is 0. The van der Waals surface area contributed by atoms with Crippen LogP contribution in [-0.4, -0.2) is 39.1 Å². The third-order valence-electron chi connectivity index (χ3n) is 5.21. The van der Waals surface area contributed by atoms with E-state index in [4.69, 9.17) is 11.4 Å². The molecule has 1 fully saturated rings. The average Bonchev–Trinajstić information content (AvgIpc) is 3.29. The van der Waals surface area contributed by atoms with E-state index in [-0.39, 0.29) is 11.6 Å². The molecule has 2 aromatic rings. The number of fused-ring (bicyclic) bond motifs is 1. The molecule has 0 aliphatic carbocycles. The minimum atomic E-state index is -0.371. The van der Waals surface area contributed by atoms with Crippen molar-refractivity contribution in [3.8, 4) is 12.3 Å². The van der Waals surface area contributed by atoms with Gasteiger partial charge in [0.15, 0.2) is 5.66 Å². The second kappa shape index (κ2) is 5.99. The summed E-state index contributed by atoms with van der Waals surface area (Å²) in [4.78, 5) is 19.0. The molecule has 0 spiro atoms. The predicted octanol–water partition coefficient (Wildman–Crippen LogP) is 2.85. The summed E-state index contributed by atoms with van der Waals surface area (Å²) in [5.74, 6) is 4.16. The molecule has 2 aliphatic heterocycles. The van der Waals surface area contributed by atoms with Gasteiger partial charge in [-0.05, 0) is 12.1 Å². The van der Waals surface area contributed by atoms with E-state index in [1.54, 1.807) is 0 Å². The lowest BCUT2D eigenvalue weighted by Gasteiger charge is -2.39. The summed E-state index contributed by atoms with van der Waals surface area (Å²) < 4.78 is 2.14. The van der Waals surface area contributed by atoms with Crippen LogP contribution in [0.1, 0.15) is 37.4 Å². The molecule has 0 bridgehead atoms. The fourth-order valence-corrected chi connectivity index (χ4v) is 3.51. The fourth-order valence-electron chi connectivity index (χ4n) is 3.51. The van der Waals surface area contributed by atoms with Crippen LogP contribution in [0.15, 0.2) is 34.5 Å². The van der Waals surface area contributed by atoms with Gasteiger partial charge in [0.2, 0.25) is 5.91 Å². The summed E-state index contributed by atoms with van der Waals surface area (Å²) in [6.45, 7) is 1.48. The standard InChI is InChI=1S/C19H21N5O/c1-3-4-10-19(21-22-19)11-9-17(25)24-12-14(13-24)18-20-15-7-5-6-8-16(15)23(18)2/h1,5-8,14H,4,9-13H2,2H3. The van der Waals surface area contributed by atoms with Crippen LogP contribution in [0, 0.1) is 12.3 Å². The second-order valence-electron chi connectivity index (χ2n) is 6.90. The number of nitrogens with zero attached hydrogens (tertiary/aromatic N) is 5. The monoisotopic (exact) mass is 335 g/mol. The number of carbonyl (C=O) groups is 1. The zero-order valence-electron chi connectivity index (χ0n) is 14.4. The van der Waals surface area contributed by atoms with E-state index in [0.717, 1.165) is 36.4 Å². The van der Waals surface area contributed by atoms with Crippen molar-refractivity contribution in [3.05, 3.63) is 30.1 Å². The molecule has 6 nitrogen and oxygen atoms in total. The maximum atomic E-state index is 12.4. The number of terminal acetylenes is 1. The van der Waals surface area contributed by atoms with Crippen LogP contribution in [0.25, 0.3) is 11.0 Å². The number of hydrogen-bond acceptors (Lipinski definition) is 4.